The van der Waals surface area contributed by atoms with Crippen LogP contribution in [0.25, 0.3) is 5.65 Å². The smallest absolute Gasteiger partial charge is 0.271 e. The molecule has 18 heavy (non-hydrogen) atoms. The number of hydrogen-bond acceptors (Lipinski definition) is 3. The van der Waals surface area contributed by atoms with Gasteiger partial charge in [-0.05, 0) is 34.7 Å². The minimum Gasteiger partial charge on any atom is -0.350 e. The fourth-order valence-corrected chi connectivity index (χ4v) is 2.29. The van der Waals surface area contributed by atoms with Crippen LogP contribution in [0.4, 0.5) is 0 Å². The van der Waals surface area contributed by atoms with E-state index < -0.39 is 0 Å². The van der Waals surface area contributed by atoms with Crippen LogP contribution in [0.3, 0.4) is 0 Å². The second-order valence-electron chi connectivity index (χ2n) is 4.61. The molecule has 0 saturated heterocycles. The fraction of sp³-hybridized carbons (Fsp3) is 0.417. The lowest BCUT2D eigenvalue weighted by Crippen LogP contribution is -2.32. The molecule has 1 aliphatic carbocycles. The molecular formula is C12H13BrN4O. The molecule has 0 spiro atoms. The summed E-state index contributed by atoms with van der Waals surface area (Å²) >= 11 is 3.32. The number of amides is 1. The van der Waals surface area contributed by atoms with Crippen LogP contribution in [0.2, 0.25) is 0 Å². The zero-order chi connectivity index (χ0) is 12.5. The van der Waals surface area contributed by atoms with Crippen LogP contribution in [0.15, 0.2) is 22.9 Å². The SMILES string of the molecule is O=C(NCC1CCC1)c1cc2ncc(Br)cn2n1. The number of hydrogen-bond donors (Lipinski definition) is 1. The molecule has 1 aliphatic rings. The first-order chi connectivity index (χ1) is 8.72. The highest BCUT2D eigenvalue weighted by atomic mass is 79.9. The Kier molecular flexibility index (Phi) is 3.03. The standard InChI is InChI=1S/C12H13BrN4O/c13-9-6-14-11-4-10(16-17(11)7-9)12(18)15-5-8-2-1-3-8/h4,6-8H,1-3,5H2,(H,15,18). The van der Waals surface area contributed by atoms with E-state index in [2.05, 4.69) is 31.3 Å². The first-order valence-corrected chi connectivity index (χ1v) is 6.81. The summed E-state index contributed by atoms with van der Waals surface area (Å²) in [5, 5.41) is 7.13. The van der Waals surface area contributed by atoms with Crippen molar-refractivity contribution in [3.63, 3.8) is 0 Å². The van der Waals surface area contributed by atoms with Crippen molar-refractivity contribution in [1.29, 1.82) is 0 Å². The Morgan fingerprint density at radius 2 is 2.39 bits per heavy atom. The Morgan fingerprint density at radius 1 is 1.56 bits per heavy atom. The number of nitrogens with zero attached hydrogens (tertiary/aromatic N) is 3. The Labute approximate surface area is 113 Å². The van der Waals surface area contributed by atoms with E-state index in [1.165, 1.54) is 19.3 Å². The first-order valence-electron chi connectivity index (χ1n) is 6.01. The molecule has 1 fully saturated rings. The van der Waals surface area contributed by atoms with Gasteiger partial charge < -0.3 is 5.32 Å². The van der Waals surface area contributed by atoms with E-state index in [4.69, 9.17) is 0 Å². The topological polar surface area (TPSA) is 59.3 Å². The summed E-state index contributed by atoms with van der Waals surface area (Å²) in [4.78, 5) is 16.1. The van der Waals surface area contributed by atoms with Crippen LogP contribution in [0.1, 0.15) is 29.8 Å². The molecule has 0 aliphatic heterocycles. The maximum atomic E-state index is 11.9. The molecule has 1 N–H and O–H groups in total. The van der Waals surface area contributed by atoms with Crippen molar-refractivity contribution in [2.45, 2.75) is 19.3 Å². The average molecular weight is 309 g/mol. The average Bonchev–Trinajstić information content (AvgIpc) is 2.69. The number of carbonyl (C=O) groups excluding carboxylic acids is 1. The van der Waals surface area contributed by atoms with Gasteiger partial charge in [0.05, 0.1) is 4.47 Å². The molecule has 0 bridgehead atoms. The van der Waals surface area contributed by atoms with E-state index in [1.54, 1.807) is 23.0 Å². The van der Waals surface area contributed by atoms with E-state index in [1.807, 2.05) is 0 Å². The Morgan fingerprint density at radius 3 is 3.11 bits per heavy atom. The second kappa shape index (κ2) is 4.68. The maximum absolute atomic E-state index is 11.9. The first kappa shape index (κ1) is 11.6. The number of halogens is 1. The normalized spacial score (nSPS) is 15.6. The number of nitrogens with one attached hydrogen (secondary N) is 1. The Hall–Kier alpha value is -1.43. The van der Waals surface area contributed by atoms with E-state index >= 15 is 0 Å². The van der Waals surface area contributed by atoms with Gasteiger partial charge in [-0.15, -0.1) is 0 Å². The van der Waals surface area contributed by atoms with Gasteiger partial charge in [0.2, 0.25) is 0 Å². The minimum atomic E-state index is -0.122. The molecule has 1 amide bonds. The second-order valence-corrected chi connectivity index (χ2v) is 5.53. The minimum absolute atomic E-state index is 0.122. The van der Waals surface area contributed by atoms with Crippen molar-refractivity contribution in [3.8, 4) is 0 Å². The van der Waals surface area contributed by atoms with Gasteiger partial charge in [-0.1, -0.05) is 6.42 Å². The molecule has 5 nitrogen and oxygen atoms in total. The van der Waals surface area contributed by atoms with Gasteiger partial charge >= 0.3 is 0 Å². The maximum Gasteiger partial charge on any atom is 0.271 e. The van der Waals surface area contributed by atoms with Crippen LogP contribution in [-0.2, 0) is 0 Å². The van der Waals surface area contributed by atoms with E-state index in [0.29, 0.717) is 17.3 Å². The summed E-state index contributed by atoms with van der Waals surface area (Å²) in [5.74, 6) is 0.529. The number of aromatic nitrogens is 3. The molecule has 0 radical (unpaired) electrons. The molecule has 2 aromatic rings. The van der Waals surface area contributed by atoms with Crippen LogP contribution >= 0.6 is 15.9 Å². The van der Waals surface area contributed by atoms with Gasteiger partial charge in [0.1, 0.15) is 0 Å². The molecule has 2 aromatic heterocycles. The van der Waals surface area contributed by atoms with Crippen molar-refractivity contribution in [2.24, 2.45) is 5.92 Å². The van der Waals surface area contributed by atoms with Gasteiger partial charge in [-0.3, -0.25) is 4.79 Å². The molecule has 0 atom stereocenters. The van der Waals surface area contributed by atoms with Crippen LogP contribution < -0.4 is 5.32 Å². The third-order valence-electron chi connectivity index (χ3n) is 3.29. The van der Waals surface area contributed by atoms with Crippen LogP contribution in [-0.4, -0.2) is 27.0 Å². The number of carbonyl (C=O) groups is 1. The molecule has 0 aromatic carbocycles. The fourth-order valence-electron chi connectivity index (χ4n) is 1.99. The molecule has 0 unspecified atom stereocenters. The van der Waals surface area contributed by atoms with E-state index in [9.17, 15) is 4.79 Å². The van der Waals surface area contributed by atoms with Crippen molar-refractivity contribution in [2.75, 3.05) is 6.54 Å². The molecule has 94 valence electrons. The lowest BCUT2D eigenvalue weighted by Gasteiger charge is -2.25. The summed E-state index contributed by atoms with van der Waals surface area (Å²) < 4.78 is 2.43. The predicted molar refractivity (Wildman–Crippen MR) is 70.4 cm³/mol. The Bertz CT molecular complexity index is 591. The van der Waals surface area contributed by atoms with Gasteiger partial charge in [0.25, 0.3) is 5.91 Å². The molecule has 6 heteroatoms. The van der Waals surface area contributed by atoms with E-state index in [0.717, 1.165) is 11.0 Å². The number of rotatable bonds is 3. The van der Waals surface area contributed by atoms with Gasteiger partial charge in [0, 0.05) is 25.0 Å². The van der Waals surface area contributed by atoms with Crippen molar-refractivity contribution < 1.29 is 4.79 Å². The lowest BCUT2D eigenvalue weighted by molar-refractivity contribution is 0.0933. The van der Waals surface area contributed by atoms with Gasteiger partial charge in [-0.25, -0.2) is 9.50 Å². The highest BCUT2D eigenvalue weighted by Gasteiger charge is 2.19. The van der Waals surface area contributed by atoms with Gasteiger partial charge in [0.15, 0.2) is 11.3 Å². The van der Waals surface area contributed by atoms with Gasteiger partial charge in [-0.2, -0.15) is 5.10 Å². The summed E-state index contributed by atoms with van der Waals surface area (Å²) in [6.07, 6.45) is 7.20. The van der Waals surface area contributed by atoms with E-state index in [-0.39, 0.29) is 5.91 Å². The zero-order valence-corrected chi connectivity index (χ0v) is 11.4. The molecule has 1 saturated carbocycles. The summed E-state index contributed by atoms with van der Waals surface area (Å²) in [7, 11) is 0. The summed E-state index contributed by atoms with van der Waals surface area (Å²) in [5.41, 5.74) is 1.09. The quantitative estimate of drug-likeness (QED) is 0.943. The van der Waals surface area contributed by atoms with Crippen molar-refractivity contribution in [1.82, 2.24) is 19.9 Å². The van der Waals surface area contributed by atoms with Crippen LogP contribution in [0, 0.1) is 5.92 Å². The molecule has 3 rings (SSSR count). The highest BCUT2D eigenvalue weighted by molar-refractivity contribution is 9.10. The monoisotopic (exact) mass is 308 g/mol. The summed E-state index contributed by atoms with van der Waals surface area (Å²) in [6.45, 7) is 0.754. The third-order valence-corrected chi connectivity index (χ3v) is 3.70. The molecule has 2 heterocycles. The third kappa shape index (κ3) is 2.25. The van der Waals surface area contributed by atoms with Crippen molar-refractivity contribution in [3.05, 3.63) is 28.6 Å². The van der Waals surface area contributed by atoms with Crippen LogP contribution in [0.5, 0.6) is 0 Å². The highest BCUT2D eigenvalue weighted by Crippen LogP contribution is 2.25. The number of fused-ring (bicyclic) bond motifs is 1. The zero-order valence-electron chi connectivity index (χ0n) is 9.77. The summed E-state index contributed by atoms with van der Waals surface area (Å²) in [6, 6.07) is 1.70. The van der Waals surface area contributed by atoms with Crippen molar-refractivity contribution >= 4 is 27.5 Å². The Balaban J connectivity index is 1.74. The lowest BCUT2D eigenvalue weighted by atomic mass is 9.85. The predicted octanol–water partition coefficient (Wildman–Crippen LogP) is 2.02. The largest absolute Gasteiger partial charge is 0.350 e. The molecular weight excluding hydrogens is 296 g/mol.